The summed E-state index contributed by atoms with van der Waals surface area (Å²) in [6.45, 7) is -0.0158. The second-order valence-electron chi connectivity index (χ2n) is 7.75. The van der Waals surface area contributed by atoms with Crippen LogP contribution in [0.4, 0.5) is 21.9 Å². The molecule has 0 aliphatic heterocycles. The fraction of sp³-hybridized carbons (Fsp3) is 0.240. The fourth-order valence-corrected chi connectivity index (χ4v) is 3.69. The summed E-state index contributed by atoms with van der Waals surface area (Å²) in [5, 5.41) is 21.1. The van der Waals surface area contributed by atoms with Crippen LogP contribution in [0, 0.1) is 0 Å². The fourth-order valence-electron chi connectivity index (χ4n) is 3.69. The van der Waals surface area contributed by atoms with Crippen molar-refractivity contribution in [2.75, 3.05) is 43.1 Å². The van der Waals surface area contributed by atoms with E-state index < -0.39 is 0 Å². The van der Waals surface area contributed by atoms with E-state index in [1.165, 1.54) is 4.90 Å². The summed E-state index contributed by atoms with van der Waals surface area (Å²) in [4.78, 5) is 13.8. The Labute approximate surface area is 188 Å². The van der Waals surface area contributed by atoms with Gasteiger partial charge in [0.2, 0.25) is 0 Å². The number of nitrogen functional groups attached to an aromatic ring is 2. The van der Waals surface area contributed by atoms with Crippen LogP contribution in [0.2, 0.25) is 0 Å². The molecule has 168 valence electrons. The minimum atomic E-state index is -0.362. The Morgan fingerprint density at radius 1 is 0.750 bits per heavy atom. The Hall–Kier alpha value is -3.55. The third-order valence-electron chi connectivity index (χ3n) is 5.05. The lowest BCUT2D eigenvalue weighted by molar-refractivity contribution is 0.167. The molecule has 0 spiro atoms. The van der Waals surface area contributed by atoms with Crippen molar-refractivity contribution in [1.82, 2.24) is 4.90 Å². The number of rotatable bonds is 9. The van der Waals surface area contributed by atoms with Crippen molar-refractivity contribution in [3.63, 3.8) is 0 Å². The number of nitrogens with two attached hydrogens (primary N) is 2. The third-order valence-corrected chi connectivity index (χ3v) is 5.05. The zero-order chi connectivity index (χ0) is 22.9. The molecule has 7 nitrogen and oxygen atoms in total. The number of nitrogens with zero attached hydrogens (tertiary/aromatic N) is 1. The normalized spacial score (nSPS) is 10.7. The van der Waals surface area contributed by atoms with E-state index in [0.29, 0.717) is 17.8 Å². The van der Waals surface area contributed by atoms with Crippen molar-refractivity contribution in [2.24, 2.45) is 0 Å². The van der Waals surface area contributed by atoms with Crippen molar-refractivity contribution in [1.29, 1.82) is 0 Å². The summed E-state index contributed by atoms with van der Waals surface area (Å²) in [5.41, 5.74) is 18.5. The van der Waals surface area contributed by atoms with Crippen molar-refractivity contribution in [3.05, 3.63) is 89.0 Å². The van der Waals surface area contributed by atoms with Gasteiger partial charge in [0.05, 0.1) is 13.2 Å². The van der Waals surface area contributed by atoms with Crippen LogP contribution in [-0.2, 0) is 12.8 Å². The van der Waals surface area contributed by atoms with E-state index in [2.05, 4.69) is 11.4 Å². The monoisotopic (exact) mass is 434 g/mol. The minimum absolute atomic E-state index is 0.158. The average molecular weight is 435 g/mol. The number of nitrogens with one attached hydrogen (secondary N) is 1. The lowest BCUT2D eigenvalue weighted by Gasteiger charge is -2.21. The summed E-state index contributed by atoms with van der Waals surface area (Å²) < 4.78 is 0. The molecule has 3 rings (SSSR count). The van der Waals surface area contributed by atoms with Gasteiger partial charge in [-0.05, 0) is 71.5 Å². The standard InChI is InChI=1S/C25H30N4O3/c26-22-5-1-3-18(14-22)11-20-13-21(16-23(27)15-20)12-19-4-2-6-24(17-19)28-25(32)29(7-9-30)8-10-31/h1-6,13-17,30-31H,7-12,26-27H2,(H,28,32). The van der Waals surface area contributed by atoms with Crippen LogP contribution in [0.25, 0.3) is 0 Å². The number of anilines is 3. The Bertz CT molecular complexity index is 1050. The van der Waals surface area contributed by atoms with Crippen molar-refractivity contribution >= 4 is 23.1 Å². The molecule has 0 fully saturated rings. The highest BCUT2D eigenvalue weighted by molar-refractivity contribution is 5.89. The Balaban J connectivity index is 1.72. The molecule has 0 aromatic heterocycles. The first kappa shape index (κ1) is 23.1. The SMILES string of the molecule is Nc1cccc(Cc2cc(N)cc(Cc3cccc(NC(=O)N(CCO)CCO)c3)c2)c1. The molecule has 0 bridgehead atoms. The van der Waals surface area contributed by atoms with Gasteiger partial charge in [0.15, 0.2) is 0 Å². The van der Waals surface area contributed by atoms with Gasteiger partial charge in [0.1, 0.15) is 0 Å². The van der Waals surface area contributed by atoms with E-state index in [-0.39, 0.29) is 32.3 Å². The predicted molar refractivity (Wildman–Crippen MR) is 129 cm³/mol. The summed E-state index contributed by atoms with van der Waals surface area (Å²) in [7, 11) is 0. The second kappa shape index (κ2) is 11.2. The number of carbonyl (C=O) groups is 1. The predicted octanol–water partition coefficient (Wildman–Crippen LogP) is 2.85. The van der Waals surface area contributed by atoms with Crippen LogP contribution in [0.3, 0.4) is 0 Å². The molecule has 0 atom stereocenters. The summed E-state index contributed by atoms with van der Waals surface area (Å²) in [6.07, 6.45) is 1.40. The molecule has 0 aliphatic rings. The van der Waals surface area contributed by atoms with E-state index in [1.54, 1.807) is 0 Å². The number of carbonyl (C=O) groups excluding carboxylic acids is 1. The van der Waals surface area contributed by atoms with Gasteiger partial charge in [-0.3, -0.25) is 0 Å². The molecule has 7 heteroatoms. The molecule has 7 N–H and O–H groups in total. The van der Waals surface area contributed by atoms with Crippen LogP contribution in [0.15, 0.2) is 66.7 Å². The molecule has 0 unspecified atom stereocenters. The van der Waals surface area contributed by atoms with E-state index in [9.17, 15) is 4.79 Å². The Morgan fingerprint density at radius 3 is 1.91 bits per heavy atom. The first-order chi connectivity index (χ1) is 15.5. The number of aliphatic hydroxyl groups excluding tert-OH is 2. The molecule has 0 radical (unpaired) electrons. The number of hydrogen-bond donors (Lipinski definition) is 5. The molecular formula is C25H30N4O3. The van der Waals surface area contributed by atoms with Gasteiger partial charge in [0, 0.05) is 30.2 Å². The summed E-state index contributed by atoms with van der Waals surface area (Å²) in [6, 6.07) is 21.1. The Kier molecular flexibility index (Phi) is 8.08. The second-order valence-corrected chi connectivity index (χ2v) is 7.75. The van der Waals surface area contributed by atoms with Gasteiger partial charge in [-0.2, -0.15) is 0 Å². The van der Waals surface area contributed by atoms with Crippen LogP contribution in [0.5, 0.6) is 0 Å². The molecule has 0 saturated heterocycles. The van der Waals surface area contributed by atoms with E-state index in [1.807, 2.05) is 60.7 Å². The maximum atomic E-state index is 12.4. The smallest absolute Gasteiger partial charge is 0.321 e. The third kappa shape index (κ3) is 6.73. The summed E-state index contributed by atoms with van der Waals surface area (Å²) in [5.74, 6) is 0. The first-order valence-corrected chi connectivity index (χ1v) is 10.6. The van der Waals surface area contributed by atoms with Crippen LogP contribution in [0.1, 0.15) is 22.3 Å². The van der Waals surface area contributed by atoms with Gasteiger partial charge in [-0.15, -0.1) is 0 Å². The van der Waals surface area contributed by atoms with Crippen molar-refractivity contribution < 1.29 is 15.0 Å². The van der Waals surface area contributed by atoms with Crippen LogP contribution in [-0.4, -0.2) is 47.4 Å². The van der Waals surface area contributed by atoms with Gasteiger partial charge in [0.25, 0.3) is 0 Å². The zero-order valence-electron chi connectivity index (χ0n) is 18.0. The number of amides is 2. The van der Waals surface area contributed by atoms with Gasteiger partial charge in [-0.25, -0.2) is 4.79 Å². The number of hydrogen-bond acceptors (Lipinski definition) is 5. The maximum absolute atomic E-state index is 12.4. The molecule has 3 aromatic rings. The van der Waals surface area contributed by atoms with E-state index >= 15 is 0 Å². The lowest BCUT2D eigenvalue weighted by Crippen LogP contribution is -2.38. The molecule has 0 saturated carbocycles. The maximum Gasteiger partial charge on any atom is 0.321 e. The zero-order valence-corrected chi connectivity index (χ0v) is 18.0. The van der Waals surface area contributed by atoms with Crippen molar-refractivity contribution in [3.8, 4) is 0 Å². The van der Waals surface area contributed by atoms with E-state index in [4.69, 9.17) is 21.7 Å². The molecule has 3 aromatic carbocycles. The van der Waals surface area contributed by atoms with Crippen LogP contribution >= 0.6 is 0 Å². The van der Waals surface area contributed by atoms with Gasteiger partial charge >= 0.3 is 6.03 Å². The quantitative estimate of drug-likeness (QED) is 0.331. The van der Waals surface area contributed by atoms with E-state index in [0.717, 1.165) is 34.4 Å². The number of benzene rings is 3. The highest BCUT2D eigenvalue weighted by Gasteiger charge is 2.12. The molecule has 0 heterocycles. The average Bonchev–Trinajstić information content (AvgIpc) is 2.73. The van der Waals surface area contributed by atoms with Crippen LogP contribution < -0.4 is 16.8 Å². The summed E-state index contributed by atoms with van der Waals surface area (Å²) >= 11 is 0. The highest BCUT2D eigenvalue weighted by Crippen LogP contribution is 2.21. The molecular weight excluding hydrogens is 404 g/mol. The Morgan fingerprint density at radius 2 is 1.31 bits per heavy atom. The first-order valence-electron chi connectivity index (χ1n) is 10.6. The van der Waals surface area contributed by atoms with Gasteiger partial charge < -0.3 is 31.9 Å². The molecule has 2 amide bonds. The lowest BCUT2D eigenvalue weighted by atomic mass is 9.98. The number of aliphatic hydroxyl groups is 2. The topological polar surface area (TPSA) is 125 Å². The highest BCUT2D eigenvalue weighted by atomic mass is 16.3. The molecule has 0 aliphatic carbocycles. The largest absolute Gasteiger partial charge is 0.399 e. The number of urea groups is 1. The van der Waals surface area contributed by atoms with Crippen molar-refractivity contribution in [2.45, 2.75) is 12.8 Å². The molecule has 32 heavy (non-hydrogen) atoms. The minimum Gasteiger partial charge on any atom is -0.399 e. The van der Waals surface area contributed by atoms with Gasteiger partial charge in [-0.1, -0.05) is 30.3 Å².